The van der Waals surface area contributed by atoms with Crippen molar-refractivity contribution in [2.45, 2.75) is 6.92 Å². The molecule has 0 spiro atoms. The number of nitrogens with zero attached hydrogens (tertiary/aromatic N) is 1. The number of esters is 1. The lowest BCUT2D eigenvalue weighted by atomic mass is 10.0. The molecule has 28 heavy (non-hydrogen) atoms. The predicted molar refractivity (Wildman–Crippen MR) is 103 cm³/mol. The number of ketones is 2. The average molecular weight is 379 g/mol. The zero-order chi connectivity index (χ0) is 20.5. The molecule has 0 amide bonds. The highest BCUT2D eigenvalue weighted by Gasteiger charge is 2.21. The highest BCUT2D eigenvalue weighted by atomic mass is 16.6. The van der Waals surface area contributed by atoms with Gasteiger partial charge in [-0.2, -0.15) is 0 Å². The summed E-state index contributed by atoms with van der Waals surface area (Å²) in [5.74, 6) is -2.09. The summed E-state index contributed by atoms with van der Waals surface area (Å²) in [6, 6.07) is 13.7. The number of non-ortho nitro benzene ring substituents is 1. The minimum atomic E-state index is -0.881. The zero-order valence-electron chi connectivity index (χ0n) is 15.0. The molecule has 0 N–H and O–H groups in total. The number of Topliss-reactive ketones (excluding diaryl/α,β-unsaturated/α-hetero) is 1. The Kier molecular flexibility index (Phi) is 7.10. The lowest BCUT2D eigenvalue weighted by Gasteiger charge is -2.05. The van der Waals surface area contributed by atoms with Crippen LogP contribution in [0.15, 0.2) is 72.3 Å². The monoisotopic (exact) mass is 379 g/mol. The summed E-state index contributed by atoms with van der Waals surface area (Å²) >= 11 is 0. The van der Waals surface area contributed by atoms with Gasteiger partial charge in [0.1, 0.15) is 5.57 Å². The maximum atomic E-state index is 12.6. The molecule has 0 aliphatic heterocycles. The molecule has 0 aromatic heterocycles. The normalized spacial score (nSPS) is 11.2. The van der Waals surface area contributed by atoms with E-state index < -0.39 is 22.5 Å². The molecule has 0 atom stereocenters. The molecule has 0 unspecified atom stereocenters. The Bertz CT molecular complexity index is 943. The fraction of sp³-hybridized carbons (Fsp3) is 0.0952. The Labute approximate surface area is 161 Å². The van der Waals surface area contributed by atoms with Gasteiger partial charge in [-0.1, -0.05) is 36.4 Å². The van der Waals surface area contributed by atoms with Crippen molar-refractivity contribution in [1.82, 2.24) is 0 Å². The molecule has 0 aliphatic rings. The molecule has 0 saturated carbocycles. The number of hydrogen-bond acceptors (Lipinski definition) is 6. The van der Waals surface area contributed by atoms with E-state index in [9.17, 15) is 24.5 Å². The minimum absolute atomic E-state index is 0.0606. The van der Waals surface area contributed by atoms with Crippen LogP contribution >= 0.6 is 0 Å². The van der Waals surface area contributed by atoms with Crippen LogP contribution in [0.2, 0.25) is 0 Å². The van der Waals surface area contributed by atoms with Gasteiger partial charge in [0.2, 0.25) is 0 Å². The third kappa shape index (κ3) is 5.57. The predicted octanol–water partition coefficient (Wildman–Crippen LogP) is 3.55. The highest BCUT2D eigenvalue weighted by Crippen LogP contribution is 2.14. The zero-order valence-corrected chi connectivity index (χ0v) is 15.0. The van der Waals surface area contributed by atoms with Crippen molar-refractivity contribution in [3.8, 4) is 0 Å². The maximum Gasteiger partial charge on any atom is 0.342 e. The van der Waals surface area contributed by atoms with Crippen LogP contribution in [0.3, 0.4) is 0 Å². The third-order valence-electron chi connectivity index (χ3n) is 3.61. The molecule has 142 valence electrons. The van der Waals surface area contributed by atoms with E-state index in [1.165, 1.54) is 48.6 Å². The number of hydrogen-bond donors (Lipinski definition) is 0. The summed E-state index contributed by atoms with van der Waals surface area (Å²) in [5, 5.41) is 10.6. The number of allylic oxidation sites excluding steroid dienone is 2. The Hall–Kier alpha value is -3.87. The van der Waals surface area contributed by atoms with Crippen LogP contribution < -0.4 is 0 Å². The van der Waals surface area contributed by atoms with Crippen molar-refractivity contribution in [1.29, 1.82) is 0 Å². The maximum absolute atomic E-state index is 12.6. The van der Waals surface area contributed by atoms with Gasteiger partial charge in [0.25, 0.3) is 5.69 Å². The van der Waals surface area contributed by atoms with Crippen LogP contribution in [0.1, 0.15) is 22.8 Å². The van der Waals surface area contributed by atoms with Crippen LogP contribution in [-0.2, 0) is 14.3 Å². The molecule has 0 aliphatic carbocycles. The van der Waals surface area contributed by atoms with E-state index in [0.717, 1.165) is 6.08 Å². The standard InChI is InChI=1S/C21H17NO6/c1-2-28-21(25)19(20(24)16-6-4-3-5-7-16)14-18(23)13-10-15-8-11-17(12-9-15)22(26)27/h3-14H,2H2,1H3/b13-10+,19-14+. The average Bonchev–Trinajstić information content (AvgIpc) is 2.71. The van der Waals surface area contributed by atoms with Gasteiger partial charge in [0.15, 0.2) is 11.6 Å². The molecule has 7 nitrogen and oxygen atoms in total. The Morgan fingerprint density at radius 2 is 1.68 bits per heavy atom. The molecule has 7 heteroatoms. The van der Waals surface area contributed by atoms with Crippen molar-refractivity contribution >= 4 is 29.3 Å². The molecule has 2 aromatic rings. The quantitative estimate of drug-likeness (QED) is 0.132. The number of ether oxygens (including phenoxy) is 1. The second kappa shape index (κ2) is 9.72. The van der Waals surface area contributed by atoms with Gasteiger partial charge in [0, 0.05) is 23.8 Å². The number of carbonyl (C=O) groups is 3. The second-order valence-corrected chi connectivity index (χ2v) is 5.56. The molecular formula is C21H17NO6. The number of nitro benzene ring substituents is 1. The number of rotatable bonds is 8. The first kappa shape index (κ1) is 20.4. The lowest BCUT2D eigenvalue weighted by Crippen LogP contribution is -2.17. The molecule has 0 radical (unpaired) electrons. The fourth-order valence-corrected chi connectivity index (χ4v) is 2.25. The van der Waals surface area contributed by atoms with Crippen LogP contribution in [-0.4, -0.2) is 29.1 Å². The SMILES string of the molecule is CCOC(=O)/C(=C/C(=O)/C=C/c1ccc([N+](=O)[O-])cc1)C(=O)c1ccccc1. The van der Waals surface area contributed by atoms with E-state index in [0.29, 0.717) is 5.56 Å². The van der Waals surface area contributed by atoms with Crippen molar-refractivity contribution in [2.24, 2.45) is 0 Å². The van der Waals surface area contributed by atoms with Crippen LogP contribution in [0, 0.1) is 10.1 Å². The topological polar surface area (TPSA) is 104 Å². The molecule has 0 saturated heterocycles. The Balaban J connectivity index is 2.24. The summed E-state index contributed by atoms with van der Waals surface area (Å²) in [7, 11) is 0. The van der Waals surface area contributed by atoms with Crippen molar-refractivity contribution in [2.75, 3.05) is 6.61 Å². The first-order valence-electron chi connectivity index (χ1n) is 8.37. The van der Waals surface area contributed by atoms with Crippen LogP contribution in [0.4, 0.5) is 5.69 Å². The van der Waals surface area contributed by atoms with E-state index in [2.05, 4.69) is 0 Å². The summed E-state index contributed by atoms with van der Waals surface area (Å²) in [6.07, 6.45) is 3.52. The van der Waals surface area contributed by atoms with Crippen molar-refractivity contribution < 1.29 is 24.0 Å². The highest BCUT2D eigenvalue weighted by molar-refractivity contribution is 6.27. The van der Waals surface area contributed by atoms with Gasteiger partial charge < -0.3 is 4.74 Å². The molecule has 0 bridgehead atoms. The van der Waals surface area contributed by atoms with Crippen LogP contribution in [0.5, 0.6) is 0 Å². The summed E-state index contributed by atoms with van der Waals surface area (Å²) in [5.41, 5.74) is 0.376. The van der Waals surface area contributed by atoms with Crippen molar-refractivity contribution in [3.05, 3.63) is 93.6 Å². The van der Waals surface area contributed by atoms with E-state index in [-0.39, 0.29) is 23.4 Å². The third-order valence-corrected chi connectivity index (χ3v) is 3.61. The summed E-state index contributed by atoms with van der Waals surface area (Å²) in [4.78, 5) is 47.0. The van der Waals surface area contributed by atoms with E-state index >= 15 is 0 Å². The molecule has 0 fully saturated rings. The number of benzene rings is 2. The van der Waals surface area contributed by atoms with E-state index in [4.69, 9.17) is 4.74 Å². The molecule has 0 heterocycles. The van der Waals surface area contributed by atoms with Gasteiger partial charge in [-0.3, -0.25) is 19.7 Å². The largest absolute Gasteiger partial charge is 0.462 e. The lowest BCUT2D eigenvalue weighted by molar-refractivity contribution is -0.384. The molecule has 2 aromatic carbocycles. The summed E-state index contributed by atoms with van der Waals surface area (Å²) in [6.45, 7) is 1.66. The van der Waals surface area contributed by atoms with Gasteiger partial charge in [-0.25, -0.2) is 4.79 Å². The number of nitro groups is 1. The second-order valence-electron chi connectivity index (χ2n) is 5.56. The van der Waals surface area contributed by atoms with Crippen LogP contribution in [0.25, 0.3) is 6.08 Å². The van der Waals surface area contributed by atoms with E-state index in [1.807, 2.05) is 0 Å². The van der Waals surface area contributed by atoms with Crippen molar-refractivity contribution in [3.63, 3.8) is 0 Å². The minimum Gasteiger partial charge on any atom is -0.462 e. The molecule has 2 rings (SSSR count). The fourth-order valence-electron chi connectivity index (χ4n) is 2.25. The smallest absolute Gasteiger partial charge is 0.342 e. The van der Waals surface area contributed by atoms with Gasteiger partial charge in [0.05, 0.1) is 11.5 Å². The number of carbonyl (C=O) groups excluding carboxylic acids is 3. The first-order chi connectivity index (χ1) is 13.4. The Morgan fingerprint density at radius 1 is 1.04 bits per heavy atom. The Morgan fingerprint density at radius 3 is 2.25 bits per heavy atom. The van der Waals surface area contributed by atoms with E-state index in [1.54, 1.807) is 25.1 Å². The van der Waals surface area contributed by atoms with Gasteiger partial charge in [-0.05, 0) is 30.7 Å². The summed E-state index contributed by atoms with van der Waals surface area (Å²) < 4.78 is 4.88. The molecular weight excluding hydrogens is 362 g/mol. The first-order valence-corrected chi connectivity index (χ1v) is 8.37. The van der Waals surface area contributed by atoms with Gasteiger partial charge >= 0.3 is 5.97 Å². The van der Waals surface area contributed by atoms with Gasteiger partial charge in [-0.15, -0.1) is 0 Å².